The number of carbonyl (C=O) groups is 2. The summed E-state index contributed by atoms with van der Waals surface area (Å²) in [5.74, 6) is -0.123. The highest BCUT2D eigenvalue weighted by Gasteiger charge is 2.43. The van der Waals surface area contributed by atoms with E-state index in [1.54, 1.807) is 11.0 Å². The molecular formula is C29H35ClN4O5. The molecule has 2 amide bonds. The Balaban J connectivity index is 1.70. The van der Waals surface area contributed by atoms with Crippen molar-refractivity contribution in [1.82, 2.24) is 15.4 Å². The normalized spacial score (nSPS) is 16.9. The number of benzene rings is 2. The summed E-state index contributed by atoms with van der Waals surface area (Å²) in [5, 5.41) is 19.7. The number of rotatable bonds is 9. The molecule has 1 aliphatic heterocycles. The van der Waals surface area contributed by atoms with Crippen molar-refractivity contribution in [1.29, 1.82) is 0 Å². The molecule has 3 aromatic rings. The average Bonchev–Trinajstić information content (AvgIpc) is 3.44. The highest BCUT2D eigenvalue weighted by atomic mass is 35.5. The van der Waals surface area contributed by atoms with Gasteiger partial charge in [0.25, 0.3) is 5.91 Å². The third-order valence-electron chi connectivity index (χ3n) is 7.34. The Bertz CT molecular complexity index is 1310. The van der Waals surface area contributed by atoms with Crippen molar-refractivity contribution in [3.63, 3.8) is 0 Å². The number of nitrogens with two attached hydrogens (primary N) is 1. The van der Waals surface area contributed by atoms with Crippen LogP contribution >= 0.6 is 11.6 Å². The van der Waals surface area contributed by atoms with Crippen LogP contribution in [0, 0.1) is 12.8 Å². The predicted molar refractivity (Wildman–Crippen MR) is 148 cm³/mol. The van der Waals surface area contributed by atoms with E-state index < -0.39 is 11.7 Å². The number of amides is 2. The first-order chi connectivity index (χ1) is 18.8. The van der Waals surface area contributed by atoms with E-state index in [1.807, 2.05) is 49.4 Å². The number of ether oxygens (including phenoxy) is 1. The van der Waals surface area contributed by atoms with Gasteiger partial charge in [0.2, 0.25) is 0 Å². The summed E-state index contributed by atoms with van der Waals surface area (Å²) in [6.45, 7) is 3.35. The molecule has 2 heterocycles. The predicted octanol–water partition coefficient (Wildman–Crippen LogP) is 4.64. The fourth-order valence-electron chi connectivity index (χ4n) is 5.38. The number of halogens is 1. The number of aryl methyl sites for hydroxylation is 1. The van der Waals surface area contributed by atoms with Crippen molar-refractivity contribution in [2.24, 2.45) is 11.7 Å². The van der Waals surface area contributed by atoms with Gasteiger partial charge >= 0.3 is 6.09 Å². The van der Waals surface area contributed by atoms with Gasteiger partial charge in [0.15, 0.2) is 11.5 Å². The minimum Gasteiger partial charge on any atom is -0.453 e. The van der Waals surface area contributed by atoms with Gasteiger partial charge in [-0.2, -0.15) is 0 Å². The van der Waals surface area contributed by atoms with Gasteiger partial charge in [-0.15, -0.1) is 0 Å². The van der Waals surface area contributed by atoms with E-state index in [4.69, 9.17) is 21.9 Å². The molecule has 10 heteroatoms. The summed E-state index contributed by atoms with van der Waals surface area (Å²) in [7, 11) is 1.31. The zero-order chi connectivity index (χ0) is 28.0. The van der Waals surface area contributed by atoms with Gasteiger partial charge in [0.05, 0.1) is 19.3 Å². The van der Waals surface area contributed by atoms with Crippen LogP contribution in [-0.2, 0) is 16.9 Å². The number of hydrogen-bond donors (Lipinski definition) is 3. The fraction of sp³-hybridized carbons (Fsp3) is 0.414. The number of aliphatic hydroxyl groups is 1. The third kappa shape index (κ3) is 6.43. The van der Waals surface area contributed by atoms with Crippen molar-refractivity contribution >= 4 is 23.6 Å². The second kappa shape index (κ2) is 12.6. The van der Waals surface area contributed by atoms with E-state index in [-0.39, 0.29) is 24.1 Å². The largest absolute Gasteiger partial charge is 0.453 e. The number of methoxy groups -OCH3 is 1. The monoisotopic (exact) mass is 554 g/mol. The molecule has 208 valence electrons. The van der Waals surface area contributed by atoms with Crippen LogP contribution in [0.25, 0.3) is 11.1 Å². The number of carbonyl (C=O) groups excluding carboxylic acids is 2. The Hall–Kier alpha value is -3.40. The molecule has 39 heavy (non-hydrogen) atoms. The lowest BCUT2D eigenvalue weighted by atomic mass is 9.72. The summed E-state index contributed by atoms with van der Waals surface area (Å²) >= 11 is 6.78. The van der Waals surface area contributed by atoms with Gasteiger partial charge in [-0.1, -0.05) is 58.7 Å². The maximum Gasteiger partial charge on any atom is 0.406 e. The number of piperidine rings is 1. The molecule has 9 nitrogen and oxygen atoms in total. The third-order valence-corrected chi connectivity index (χ3v) is 7.65. The van der Waals surface area contributed by atoms with Crippen molar-refractivity contribution < 1.29 is 24.0 Å². The smallest absolute Gasteiger partial charge is 0.406 e. The van der Waals surface area contributed by atoms with E-state index in [0.29, 0.717) is 61.7 Å². The van der Waals surface area contributed by atoms with E-state index in [1.165, 1.54) is 7.11 Å². The molecule has 2 atom stereocenters. The lowest BCUT2D eigenvalue weighted by Gasteiger charge is -2.43. The lowest BCUT2D eigenvalue weighted by Crippen LogP contribution is -2.48. The molecule has 4 N–H and O–H groups in total. The highest BCUT2D eigenvalue weighted by Crippen LogP contribution is 2.45. The first kappa shape index (κ1) is 28.6. The number of likely N-dealkylation sites (tertiary alicyclic amines) is 1. The van der Waals surface area contributed by atoms with Crippen LogP contribution in [0.1, 0.15) is 53.1 Å². The van der Waals surface area contributed by atoms with Crippen LogP contribution in [0.15, 0.2) is 53.1 Å². The van der Waals surface area contributed by atoms with Gasteiger partial charge in [0, 0.05) is 42.2 Å². The molecule has 4 rings (SSSR count). The molecule has 0 radical (unpaired) electrons. The highest BCUT2D eigenvalue weighted by molar-refractivity contribution is 6.33. The van der Waals surface area contributed by atoms with Crippen LogP contribution in [0.2, 0.25) is 5.02 Å². The number of nitrogens with one attached hydrogen (secondary N) is 1. The van der Waals surface area contributed by atoms with Crippen LogP contribution in [-0.4, -0.2) is 53.9 Å². The van der Waals surface area contributed by atoms with Crippen molar-refractivity contribution in [3.05, 3.63) is 76.1 Å². The average molecular weight is 555 g/mol. The maximum atomic E-state index is 13.3. The zero-order valence-corrected chi connectivity index (χ0v) is 23.0. The Morgan fingerprint density at radius 3 is 2.79 bits per heavy atom. The molecule has 1 saturated heterocycles. The summed E-state index contributed by atoms with van der Waals surface area (Å²) in [6, 6.07) is 15.1. The number of hydrogen-bond acceptors (Lipinski definition) is 7. The second-order valence-corrected chi connectivity index (χ2v) is 10.4. The Morgan fingerprint density at radius 2 is 2.08 bits per heavy atom. The fourth-order valence-corrected chi connectivity index (χ4v) is 5.67. The topological polar surface area (TPSA) is 131 Å². The minimum atomic E-state index is -1.34. The maximum absolute atomic E-state index is 13.3. The van der Waals surface area contributed by atoms with Gasteiger partial charge in [0.1, 0.15) is 0 Å². The second-order valence-electron chi connectivity index (χ2n) is 9.95. The molecular weight excluding hydrogens is 520 g/mol. The lowest BCUT2D eigenvalue weighted by molar-refractivity contribution is -0.0564. The van der Waals surface area contributed by atoms with Crippen molar-refractivity contribution in [3.8, 4) is 11.1 Å². The standard InChI is InChI=1S/C29H35ClN4O5/c1-19-7-3-8-20(15-19)26-23(10-4-11-24(26)30)29(37,12-6-13-32-28(36)38-2)21-9-5-14-34(18-21)27(35)25-16-22(17-31)39-33-25/h3-4,7-8,10-11,15-16,21,37H,5-6,9,12-14,17-18,31H2,1-2H3,(H,32,36). The Kier molecular flexibility index (Phi) is 9.27. The summed E-state index contributed by atoms with van der Waals surface area (Å²) in [6.07, 6.45) is 1.71. The van der Waals surface area contributed by atoms with E-state index in [9.17, 15) is 14.7 Å². The van der Waals surface area contributed by atoms with E-state index >= 15 is 0 Å². The van der Waals surface area contributed by atoms with Gasteiger partial charge < -0.3 is 30.3 Å². The Morgan fingerprint density at radius 1 is 1.28 bits per heavy atom. The first-order valence-corrected chi connectivity index (χ1v) is 13.5. The summed E-state index contributed by atoms with van der Waals surface area (Å²) in [5.41, 5.74) is 7.92. The summed E-state index contributed by atoms with van der Waals surface area (Å²) in [4.78, 5) is 26.6. The van der Waals surface area contributed by atoms with Crippen molar-refractivity contribution in [2.75, 3.05) is 26.7 Å². The van der Waals surface area contributed by atoms with Crippen LogP contribution in [0.4, 0.5) is 4.79 Å². The number of nitrogens with zero attached hydrogens (tertiary/aromatic N) is 2. The summed E-state index contributed by atoms with van der Waals surface area (Å²) < 4.78 is 9.82. The van der Waals surface area contributed by atoms with Gasteiger partial charge in [-0.05, 0) is 49.8 Å². The first-order valence-electron chi connectivity index (χ1n) is 13.1. The Labute approximate surface area is 233 Å². The van der Waals surface area contributed by atoms with Gasteiger partial charge in [-0.3, -0.25) is 4.79 Å². The number of alkyl carbamates (subject to hydrolysis) is 1. The van der Waals surface area contributed by atoms with E-state index in [2.05, 4.69) is 15.2 Å². The quantitative estimate of drug-likeness (QED) is 0.328. The molecule has 0 aliphatic carbocycles. The SMILES string of the molecule is COC(=O)NCCCC(O)(c1cccc(Cl)c1-c1cccc(C)c1)C1CCCN(C(=O)c2cc(CN)on2)C1. The molecule has 0 saturated carbocycles. The van der Waals surface area contributed by atoms with Crippen LogP contribution in [0.5, 0.6) is 0 Å². The van der Waals surface area contributed by atoms with Crippen molar-refractivity contribution in [2.45, 2.75) is 44.8 Å². The molecule has 1 fully saturated rings. The molecule has 1 aromatic heterocycles. The van der Waals surface area contributed by atoms with Gasteiger partial charge in [-0.25, -0.2) is 4.79 Å². The molecule has 2 unspecified atom stereocenters. The molecule has 0 bridgehead atoms. The van der Waals surface area contributed by atoms with E-state index in [0.717, 1.165) is 16.7 Å². The minimum absolute atomic E-state index is 0.152. The zero-order valence-electron chi connectivity index (χ0n) is 22.3. The molecule has 2 aromatic carbocycles. The molecule has 0 spiro atoms. The van der Waals surface area contributed by atoms with Crippen LogP contribution in [0.3, 0.4) is 0 Å². The number of aromatic nitrogens is 1. The van der Waals surface area contributed by atoms with Crippen LogP contribution < -0.4 is 11.1 Å². The molecule has 1 aliphatic rings.